The lowest BCUT2D eigenvalue weighted by molar-refractivity contribution is -0.298. The molecule has 65 heavy (non-hydrogen) atoms. The highest BCUT2D eigenvalue weighted by Crippen LogP contribution is 2.26. The summed E-state index contributed by atoms with van der Waals surface area (Å²) in [5, 5.41) is 45.0. The standard InChI is InChI=1S/C52H101NO11S/c1-3-5-7-9-11-13-15-17-19-21-22-23-24-25-26-28-30-32-34-36-38-40-42-48(56)53-45(44-62-52-50(58)51(64-65(59,60)61)49(57)47(43-54)63-52)46(55)41-39-37-35-33-31-29-27-20-18-16-14-12-10-8-6-4-2/h24-25,45-47,49-52,54-55,57-58H,3-23,26-44H2,1-2H3,(H,53,56)(H,59,60,61)/b25-24-. The second-order valence-electron chi connectivity index (χ2n) is 19.2. The number of unbranched alkanes of at least 4 members (excludes halogenated alkanes) is 33. The van der Waals surface area contributed by atoms with Crippen LogP contribution in [-0.4, -0.2) is 95.4 Å². The van der Waals surface area contributed by atoms with E-state index in [4.69, 9.17) is 9.47 Å². The molecule has 0 aromatic heterocycles. The number of nitrogens with one attached hydrogen (secondary N) is 1. The van der Waals surface area contributed by atoms with E-state index in [9.17, 15) is 38.2 Å². The van der Waals surface area contributed by atoms with E-state index in [1.807, 2.05) is 0 Å². The summed E-state index contributed by atoms with van der Waals surface area (Å²) in [6, 6.07) is -0.858. The van der Waals surface area contributed by atoms with E-state index >= 15 is 0 Å². The number of hydrogen-bond acceptors (Lipinski definition) is 10. The predicted octanol–water partition coefficient (Wildman–Crippen LogP) is 11.9. The molecule has 0 aliphatic carbocycles. The van der Waals surface area contributed by atoms with Crippen molar-refractivity contribution in [1.82, 2.24) is 5.32 Å². The lowest BCUT2D eigenvalue weighted by atomic mass is 9.99. The number of aliphatic hydroxyl groups is 4. The molecular weight excluding hydrogens is 847 g/mol. The van der Waals surface area contributed by atoms with Gasteiger partial charge in [-0.3, -0.25) is 9.35 Å². The van der Waals surface area contributed by atoms with Crippen molar-refractivity contribution in [3.05, 3.63) is 12.2 Å². The molecular formula is C52H101NO11S. The summed E-state index contributed by atoms with van der Waals surface area (Å²) < 4.78 is 47.8. The zero-order chi connectivity index (χ0) is 47.6. The lowest BCUT2D eigenvalue weighted by Gasteiger charge is -2.41. The van der Waals surface area contributed by atoms with Crippen molar-refractivity contribution in [2.24, 2.45) is 0 Å². The second-order valence-corrected chi connectivity index (χ2v) is 20.2. The topological polar surface area (TPSA) is 192 Å². The highest BCUT2D eigenvalue weighted by molar-refractivity contribution is 7.80. The van der Waals surface area contributed by atoms with Gasteiger partial charge < -0.3 is 35.2 Å². The maximum atomic E-state index is 13.1. The van der Waals surface area contributed by atoms with Crippen molar-refractivity contribution >= 4 is 16.3 Å². The van der Waals surface area contributed by atoms with Crippen LogP contribution in [0.25, 0.3) is 0 Å². The summed E-state index contributed by atoms with van der Waals surface area (Å²) in [5.41, 5.74) is 0. The van der Waals surface area contributed by atoms with E-state index < -0.39 is 59.9 Å². The lowest BCUT2D eigenvalue weighted by Crippen LogP contribution is -2.61. The first kappa shape index (κ1) is 61.9. The van der Waals surface area contributed by atoms with E-state index in [0.29, 0.717) is 12.8 Å². The Kier molecular flexibility index (Phi) is 40.8. The molecule has 0 bridgehead atoms. The third kappa shape index (κ3) is 35.6. The third-order valence-electron chi connectivity index (χ3n) is 13.1. The molecule has 386 valence electrons. The monoisotopic (exact) mass is 948 g/mol. The zero-order valence-corrected chi connectivity index (χ0v) is 42.4. The van der Waals surface area contributed by atoms with Gasteiger partial charge in [0.15, 0.2) is 6.29 Å². The molecule has 1 heterocycles. The Morgan fingerprint density at radius 2 is 0.985 bits per heavy atom. The first-order valence-corrected chi connectivity index (χ1v) is 28.4. The van der Waals surface area contributed by atoms with Gasteiger partial charge in [0.25, 0.3) is 0 Å². The van der Waals surface area contributed by atoms with Crippen LogP contribution in [0.3, 0.4) is 0 Å². The number of hydrogen-bond donors (Lipinski definition) is 6. The van der Waals surface area contributed by atoms with Gasteiger partial charge in [-0.05, 0) is 38.5 Å². The minimum atomic E-state index is -5.08. The van der Waals surface area contributed by atoms with E-state index in [-0.39, 0.29) is 18.9 Å². The van der Waals surface area contributed by atoms with Crippen LogP contribution in [0, 0.1) is 0 Å². The smallest absolute Gasteiger partial charge is 0.394 e. The average molecular weight is 948 g/mol. The Labute approximate surface area is 398 Å². The van der Waals surface area contributed by atoms with Gasteiger partial charge in [0.1, 0.15) is 24.4 Å². The number of carbonyl (C=O) groups excluding carboxylic acids is 1. The van der Waals surface area contributed by atoms with Gasteiger partial charge >= 0.3 is 10.4 Å². The number of aliphatic hydroxyl groups excluding tert-OH is 4. The fourth-order valence-electron chi connectivity index (χ4n) is 8.87. The summed E-state index contributed by atoms with van der Waals surface area (Å²) >= 11 is 0. The molecule has 7 unspecified atom stereocenters. The molecule has 6 N–H and O–H groups in total. The fraction of sp³-hybridized carbons (Fsp3) is 0.942. The Morgan fingerprint density at radius 3 is 1.38 bits per heavy atom. The van der Waals surface area contributed by atoms with Gasteiger partial charge in [0.05, 0.1) is 25.4 Å². The Balaban J connectivity index is 2.39. The summed E-state index contributed by atoms with van der Waals surface area (Å²) in [6.45, 7) is 3.48. The van der Waals surface area contributed by atoms with Crippen LogP contribution >= 0.6 is 0 Å². The van der Waals surface area contributed by atoms with Gasteiger partial charge in [-0.1, -0.05) is 225 Å². The van der Waals surface area contributed by atoms with E-state index in [1.165, 1.54) is 173 Å². The molecule has 0 aromatic carbocycles. The molecule has 1 fully saturated rings. The van der Waals surface area contributed by atoms with Crippen LogP contribution < -0.4 is 5.32 Å². The molecule has 0 aromatic rings. The van der Waals surface area contributed by atoms with E-state index in [2.05, 4.69) is 35.5 Å². The van der Waals surface area contributed by atoms with Crippen molar-refractivity contribution < 1.29 is 51.8 Å². The molecule has 1 amide bonds. The molecule has 0 saturated carbocycles. The van der Waals surface area contributed by atoms with Crippen molar-refractivity contribution in [2.75, 3.05) is 13.2 Å². The van der Waals surface area contributed by atoms with Crippen molar-refractivity contribution in [2.45, 2.75) is 301 Å². The van der Waals surface area contributed by atoms with E-state index in [1.54, 1.807) is 0 Å². The summed E-state index contributed by atoms with van der Waals surface area (Å²) in [4.78, 5) is 13.1. The minimum absolute atomic E-state index is 0.231. The van der Waals surface area contributed by atoms with Crippen molar-refractivity contribution in [1.29, 1.82) is 0 Å². The number of allylic oxidation sites excluding steroid dienone is 2. The Hall–Kier alpha value is -1.16. The largest absolute Gasteiger partial charge is 0.397 e. The average Bonchev–Trinajstić information content (AvgIpc) is 3.28. The molecule has 12 nitrogen and oxygen atoms in total. The Morgan fingerprint density at radius 1 is 0.600 bits per heavy atom. The third-order valence-corrected chi connectivity index (χ3v) is 13.5. The maximum absolute atomic E-state index is 13.1. The van der Waals surface area contributed by atoms with Crippen LogP contribution in [0.15, 0.2) is 12.2 Å². The molecule has 1 rings (SSSR count). The summed E-state index contributed by atoms with van der Waals surface area (Å²) in [5.74, 6) is -0.231. The molecule has 1 saturated heterocycles. The number of carbonyl (C=O) groups is 1. The maximum Gasteiger partial charge on any atom is 0.397 e. The fourth-order valence-corrected chi connectivity index (χ4v) is 9.38. The zero-order valence-electron chi connectivity index (χ0n) is 41.6. The quantitative estimate of drug-likeness (QED) is 0.0193. The minimum Gasteiger partial charge on any atom is -0.394 e. The first-order valence-electron chi connectivity index (χ1n) is 27.1. The van der Waals surface area contributed by atoms with Gasteiger partial charge in [0.2, 0.25) is 5.91 Å². The highest BCUT2D eigenvalue weighted by atomic mass is 32.3. The van der Waals surface area contributed by atoms with Crippen LogP contribution in [0.2, 0.25) is 0 Å². The SMILES string of the molecule is CCCCCCCCCCCCC/C=C\CCCCCCCCCC(=O)NC(COC1OC(CO)C(O)C(OS(=O)(=O)O)C1O)C(O)CCCCCCCCCCCCCCCCCC. The Bertz CT molecular complexity index is 1210. The van der Waals surface area contributed by atoms with E-state index in [0.717, 1.165) is 51.4 Å². The highest BCUT2D eigenvalue weighted by Gasteiger charge is 2.48. The predicted molar refractivity (Wildman–Crippen MR) is 264 cm³/mol. The van der Waals surface area contributed by atoms with Crippen molar-refractivity contribution in [3.8, 4) is 0 Å². The van der Waals surface area contributed by atoms with Gasteiger partial charge in [-0.2, -0.15) is 8.42 Å². The first-order chi connectivity index (χ1) is 31.5. The molecule has 1 aliphatic rings. The van der Waals surface area contributed by atoms with Crippen LogP contribution in [-0.2, 0) is 28.9 Å². The van der Waals surface area contributed by atoms with Crippen LogP contribution in [0.1, 0.15) is 258 Å². The summed E-state index contributed by atoms with van der Waals surface area (Å²) in [6.07, 6.45) is 40.7. The van der Waals surface area contributed by atoms with Gasteiger partial charge in [-0.15, -0.1) is 0 Å². The van der Waals surface area contributed by atoms with Gasteiger partial charge in [-0.25, -0.2) is 4.18 Å². The number of rotatable bonds is 47. The molecule has 1 aliphatic heterocycles. The molecule has 0 spiro atoms. The number of amides is 1. The normalized spacial score (nSPS) is 20.1. The van der Waals surface area contributed by atoms with Gasteiger partial charge in [0, 0.05) is 6.42 Å². The van der Waals surface area contributed by atoms with Crippen molar-refractivity contribution in [3.63, 3.8) is 0 Å². The van der Waals surface area contributed by atoms with Crippen LogP contribution in [0.4, 0.5) is 0 Å². The molecule has 13 heteroatoms. The second kappa shape index (κ2) is 42.9. The number of ether oxygens (including phenoxy) is 2. The molecule has 0 radical (unpaired) electrons. The summed E-state index contributed by atoms with van der Waals surface area (Å²) in [7, 11) is -5.08. The molecule has 7 atom stereocenters. The van der Waals surface area contributed by atoms with Crippen LogP contribution in [0.5, 0.6) is 0 Å².